The SMILES string of the molecule is [C-]#[N+]C(C(=O)OC)C(CC1C(C)CC(C)CC1C)c1n[nH]c(C)n1. The van der Waals surface area contributed by atoms with E-state index in [-0.39, 0.29) is 5.92 Å². The smallest absolute Gasteiger partial charge is 0.390 e. The van der Waals surface area contributed by atoms with Crippen molar-refractivity contribution in [2.24, 2.45) is 23.7 Å². The number of aromatic nitrogens is 3. The third kappa shape index (κ3) is 3.95. The lowest BCUT2D eigenvalue weighted by Gasteiger charge is -2.39. The standard InChI is InChI=1S/C18H28N4O2/c1-10-7-11(2)14(12(3)8-10)9-15(16(19-5)18(23)24-6)17-20-13(4)21-22-17/h10-12,14-16H,7-9H2,1-4,6H3,(H,20,21,22). The topological polar surface area (TPSA) is 72.2 Å². The molecule has 6 heteroatoms. The maximum Gasteiger partial charge on any atom is 0.390 e. The molecule has 0 aromatic carbocycles. The highest BCUT2D eigenvalue weighted by molar-refractivity contribution is 5.78. The van der Waals surface area contributed by atoms with Crippen molar-refractivity contribution in [2.75, 3.05) is 7.11 Å². The molecule has 0 spiro atoms. The molecule has 0 radical (unpaired) electrons. The Morgan fingerprint density at radius 1 is 1.38 bits per heavy atom. The van der Waals surface area contributed by atoms with Crippen LogP contribution < -0.4 is 0 Å². The van der Waals surface area contributed by atoms with Gasteiger partial charge in [0.25, 0.3) is 0 Å². The van der Waals surface area contributed by atoms with Gasteiger partial charge in [0, 0.05) is 0 Å². The third-order valence-corrected chi connectivity index (χ3v) is 5.45. The Labute approximate surface area is 144 Å². The van der Waals surface area contributed by atoms with Crippen molar-refractivity contribution in [3.8, 4) is 0 Å². The summed E-state index contributed by atoms with van der Waals surface area (Å²) in [4.78, 5) is 20.1. The van der Waals surface area contributed by atoms with Crippen LogP contribution in [-0.4, -0.2) is 34.3 Å². The van der Waals surface area contributed by atoms with Gasteiger partial charge in [-0.3, -0.25) is 5.10 Å². The average Bonchev–Trinajstić information content (AvgIpc) is 2.95. The molecular formula is C18H28N4O2. The summed E-state index contributed by atoms with van der Waals surface area (Å²) in [6.07, 6.45) is 3.12. The summed E-state index contributed by atoms with van der Waals surface area (Å²) >= 11 is 0. The molecule has 132 valence electrons. The molecule has 1 fully saturated rings. The summed E-state index contributed by atoms with van der Waals surface area (Å²) in [6, 6.07) is -0.885. The first-order valence-corrected chi connectivity index (χ1v) is 8.70. The Hall–Kier alpha value is -1.90. The van der Waals surface area contributed by atoms with Gasteiger partial charge in [0.05, 0.1) is 7.11 Å². The summed E-state index contributed by atoms with van der Waals surface area (Å²) in [5.41, 5.74) is 0. The molecule has 1 aliphatic rings. The summed E-state index contributed by atoms with van der Waals surface area (Å²) < 4.78 is 4.85. The van der Waals surface area contributed by atoms with Crippen LogP contribution >= 0.6 is 0 Å². The second kappa shape index (κ2) is 7.78. The predicted molar refractivity (Wildman–Crippen MR) is 91.1 cm³/mol. The number of ether oxygens (including phenoxy) is 1. The van der Waals surface area contributed by atoms with Crippen molar-refractivity contribution < 1.29 is 9.53 Å². The van der Waals surface area contributed by atoms with Crippen molar-refractivity contribution in [1.29, 1.82) is 0 Å². The quantitative estimate of drug-likeness (QED) is 0.663. The van der Waals surface area contributed by atoms with Gasteiger partial charge in [0.2, 0.25) is 0 Å². The molecule has 1 heterocycles. The monoisotopic (exact) mass is 332 g/mol. The highest BCUT2D eigenvalue weighted by Gasteiger charge is 2.43. The molecule has 0 amide bonds. The summed E-state index contributed by atoms with van der Waals surface area (Å²) in [6.45, 7) is 16.2. The molecule has 4 unspecified atom stereocenters. The summed E-state index contributed by atoms with van der Waals surface area (Å²) in [5, 5.41) is 7.08. The number of H-pyrrole nitrogens is 1. The summed E-state index contributed by atoms with van der Waals surface area (Å²) in [5.74, 6) is 2.74. The van der Waals surface area contributed by atoms with Crippen LogP contribution in [0.25, 0.3) is 4.85 Å². The minimum absolute atomic E-state index is 0.330. The van der Waals surface area contributed by atoms with E-state index < -0.39 is 12.0 Å². The van der Waals surface area contributed by atoms with E-state index in [4.69, 9.17) is 11.3 Å². The highest BCUT2D eigenvalue weighted by atomic mass is 16.5. The van der Waals surface area contributed by atoms with Crippen LogP contribution in [0.4, 0.5) is 0 Å². The number of hydrogen-bond acceptors (Lipinski definition) is 4. The first-order valence-electron chi connectivity index (χ1n) is 8.70. The Morgan fingerprint density at radius 3 is 2.46 bits per heavy atom. The molecule has 0 bridgehead atoms. The normalized spacial score (nSPS) is 29.5. The number of carbonyl (C=O) groups excluding carboxylic acids is 1. The maximum atomic E-state index is 12.1. The fraction of sp³-hybridized carbons (Fsp3) is 0.778. The number of aromatic amines is 1. The zero-order valence-corrected chi connectivity index (χ0v) is 15.2. The second-order valence-electron chi connectivity index (χ2n) is 7.41. The molecule has 0 saturated heterocycles. The molecule has 24 heavy (non-hydrogen) atoms. The van der Waals surface area contributed by atoms with Crippen LogP contribution in [-0.2, 0) is 9.53 Å². The van der Waals surface area contributed by atoms with Crippen molar-refractivity contribution >= 4 is 5.97 Å². The Bertz CT molecular complexity index is 594. The van der Waals surface area contributed by atoms with E-state index in [1.165, 1.54) is 20.0 Å². The fourth-order valence-electron chi connectivity index (χ4n) is 4.36. The Balaban J connectivity index is 2.29. The van der Waals surface area contributed by atoms with Crippen molar-refractivity contribution in [2.45, 2.75) is 58.9 Å². The lowest BCUT2D eigenvalue weighted by molar-refractivity contribution is -0.141. The lowest BCUT2D eigenvalue weighted by atomic mass is 9.66. The number of nitrogens with one attached hydrogen (secondary N) is 1. The van der Waals surface area contributed by atoms with Crippen LogP contribution in [0.2, 0.25) is 0 Å². The van der Waals surface area contributed by atoms with Crippen LogP contribution in [0.15, 0.2) is 0 Å². The maximum absolute atomic E-state index is 12.1. The molecule has 1 N–H and O–H groups in total. The molecule has 1 aliphatic carbocycles. The minimum Gasteiger partial charge on any atom is -0.463 e. The highest BCUT2D eigenvalue weighted by Crippen LogP contribution is 2.43. The molecule has 6 nitrogen and oxygen atoms in total. The van der Waals surface area contributed by atoms with Crippen LogP contribution in [0.5, 0.6) is 0 Å². The van der Waals surface area contributed by atoms with Gasteiger partial charge < -0.3 is 9.58 Å². The second-order valence-corrected chi connectivity index (χ2v) is 7.41. The van der Waals surface area contributed by atoms with E-state index in [9.17, 15) is 4.79 Å². The number of hydrogen-bond donors (Lipinski definition) is 1. The van der Waals surface area contributed by atoms with Gasteiger partial charge in [-0.25, -0.2) is 16.4 Å². The van der Waals surface area contributed by atoms with Crippen LogP contribution in [0.1, 0.15) is 57.6 Å². The van der Waals surface area contributed by atoms with Crippen molar-refractivity contribution in [3.63, 3.8) is 0 Å². The molecule has 2 rings (SSSR count). The molecule has 0 aliphatic heterocycles. The van der Waals surface area contributed by atoms with Gasteiger partial charge in [-0.1, -0.05) is 20.8 Å². The number of nitrogens with zero attached hydrogens (tertiary/aromatic N) is 3. The van der Waals surface area contributed by atoms with Crippen molar-refractivity contribution in [3.05, 3.63) is 23.1 Å². The average molecular weight is 332 g/mol. The number of carbonyl (C=O) groups is 1. The minimum atomic E-state index is -0.885. The zero-order valence-electron chi connectivity index (χ0n) is 15.2. The first kappa shape index (κ1) is 18.4. The van der Waals surface area contributed by atoms with Gasteiger partial charge in [-0.05, 0) is 49.9 Å². The first-order chi connectivity index (χ1) is 11.4. The Morgan fingerprint density at radius 2 is 2.00 bits per heavy atom. The summed E-state index contributed by atoms with van der Waals surface area (Å²) in [7, 11) is 1.33. The van der Waals surface area contributed by atoms with Gasteiger partial charge in [-0.2, -0.15) is 5.10 Å². The van der Waals surface area contributed by atoms with Crippen molar-refractivity contribution in [1.82, 2.24) is 15.2 Å². The number of esters is 1. The van der Waals surface area contributed by atoms with Gasteiger partial charge in [0.1, 0.15) is 11.7 Å². The van der Waals surface area contributed by atoms with E-state index >= 15 is 0 Å². The van der Waals surface area contributed by atoms with Gasteiger partial charge >= 0.3 is 12.0 Å². The molecule has 4 atom stereocenters. The largest absolute Gasteiger partial charge is 0.463 e. The molecular weight excluding hydrogens is 304 g/mol. The number of methoxy groups -OCH3 is 1. The zero-order chi connectivity index (χ0) is 17.9. The Kier molecular flexibility index (Phi) is 5.98. The van der Waals surface area contributed by atoms with Crippen LogP contribution in [0, 0.1) is 37.2 Å². The van der Waals surface area contributed by atoms with E-state index in [2.05, 4.69) is 40.8 Å². The van der Waals surface area contributed by atoms with Crippen LogP contribution in [0.3, 0.4) is 0 Å². The number of aryl methyl sites for hydroxylation is 1. The predicted octanol–water partition coefficient (Wildman–Crippen LogP) is 3.37. The number of rotatable bonds is 5. The molecule has 1 aromatic rings. The van der Waals surface area contributed by atoms with E-state index in [1.807, 2.05) is 6.92 Å². The fourth-order valence-corrected chi connectivity index (χ4v) is 4.36. The van der Waals surface area contributed by atoms with E-state index in [1.54, 1.807) is 0 Å². The third-order valence-electron chi connectivity index (χ3n) is 5.45. The van der Waals surface area contributed by atoms with Gasteiger partial charge in [0.15, 0.2) is 5.82 Å². The van der Waals surface area contributed by atoms with E-state index in [0.29, 0.717) is 29.4 Å². The lowest BCUT2D eigenvalue weighted by Crippen LogP contribution is -2.34. The molecule has 1 saturated carbocycles. The van der Waals surface area contributed by atoms with E-state index in [0.717, 1.165) is 12.3 Å². The molecule has 1 aromatic heterocycles. The van der Waals surface area contributed by atoms with Gasteiger partial charge in [-0.15, -0.1) is 0 Å².